The fourth-order valence-electron chi connectivity index (χ4n) is 1.39. The zero-order valence-corrected chi connectivity index (χ0v) is 10.1. The lowest BCUT2D eigenvalue weighted by Crippen LogP contribution is -2.16. The third kappa shape index (κ3) is 3.28. The van der Waals surface area contributed by atoms with E-state index in [-0.39, 0.29) is 6.61 Å². The summed E-state index contributed by atoms with van der Waals surface area (Å²) in [6.45, 7) is 0.578. The van der Waals surface area contributed by atoms with Crippen molar-refractivity contribution in [2.45, 2.75) is 12.6 Å². The summed E-state index contributed by atoms with van der Waals surface area (Å²) in [5.74, 6) is 1.56. The van der Waals surface area contributed by atoms with Crippen LogP contribution in [0.15, 0.2) is 34.9 Å². The molecule has 0 spiro atoms. The van der Waals surface area contributed by atoms with E-state index < -0.39 is 6.04 Å². The van der Waals surface area contributed by atoms with E-state index in [9.17, 15) is 0 Å². The fraction of sp³-hybridized carbons (Fsp3) is 0.333. The summed E-state index contributed by atoms with van der Waals surface area (Å²) in [7, 11) is 1.57. The van der Waals surface area contributed by atoms with E-state index in [4.69, 9.17) is 19.7 Å². The van der Waals surface area contributed by atoms with Crippen molar-refractivity contribution in [3.8, 4) is 5.75 Å². The van der Waals surface area contributed by atoms with Gasteiger partial charge in [-0.1, -0.05) is 23.4 Å². The molecule has 0 bridgehead atoms. The second-order valence-corrected chi connectivity index (χ2v) is 3.71. The molecule has 0 saturated heterocycles. The molecule has 96 valence electrons. The van der Waals surface area contributed by atoms with Crippen molar-refractivity contribution in [2.75, 3.05) is 13.7 Å². The maximum atomic E-state index is 5.76. The van der Waals surface area contributed by atoms with Crippen molar-refractivity contribution in [2.24, 2.45) is 5.73 Å². The monoisotopic (exact) mass is 249 g/mol. The van der Waals surface area contributed by atoms with Crippen molar-refractivity contribution in [1.29, 1.82) is 0 Å². The molecule has 0 fully saturated rings. The van der Waals surface area contributed by atoms with Crippen LogP contribution >= 0.6 is 0 Å². The van der Waals surface area contributed by atoms with Crippen LogP contribution in [0.4, 0.5) is 0 Å². The number of hydrogen-bond donors (Lipinski definition) is 1. The highest BCUT2D eigenvalue weighted by Crippen LogP contribution is 2.12. The van der Waals surface area contributed by atoms with Crippen molar-refractivity contribution in [3.05, 3.63) is 42.0 Å². The van der Waals surface area contributed by atoms with Gasteiger partial charge in [0.15, 0.2) is 6.61 Å². The fourth-order valence-corrected chi connectivity index (χ4v) is 1.39. The Morgan fingerprint density at radius 2 is 2.11 bits per heavy atom. The smallest absolute Gasteiger partial charge is 0.246 e. The van der Waals surface area contributed by atoms with Crippen LogP contribution < -0.4 is 10.5 Å². The van der Waals surface area contributed by atoms with E-state index in [2.05, 4.69) is 10.1 Å². The second kappa shape index (κ2) is 6.13. The number of nitrogens with zero attached hydrogens (tertiary/aromatic N) is 2. The lowest BCUT2D eigenvalue weighted by Gasteiger charge is -2.03. The molecule has 0 amide bonds. The largest absolute Gasteiger partial charge is 0.485 e. The molecular formula is C12H15N3O3. The predicted octanol–water partition coefficient (Wildman–Crippen LogP) is 1.29. The van der Waals surface area contributed by atoms with Crippen molar-refractivity contribution < 1.29 is 14.0 Å². The molecule has 0 aliphatic heterocycles. The molecule has 1 atom stereocenters. The highest BCUT2D eigenvalue weighted by molar-refractivity contribution is 5.20. The van der Waals surface area contributed by atoms with Gasteiger partial charge in [0.1, 0.15) is 11.8 Å². The highest BCUT2D eigenvalue weighted by atomic mass is 16.5. The molecule has 2 aromatic rings. The van der Waals surface area contributed by atoms with Gasteiger partial charge in [-0.3, -0.25) is 0 Å². The van der Waals surface area contributed by atoms with Crippen molar-refractivity contribution in [3.63, 3.8) is 0 Å². The SMILES string of the molecule is COCC(N)c1nc(COc2ccccc2)no1. The van der Waals surface area contributed by atoms with Crippen molar-refractivity contribution in [1.82, 2.24) is 10.1 Å². The Morgan fingerprint density at radius 3 is 2.83 bits per heavy atom. The summed E-state index contributed by atoms with van der Waals surface area (Å²) in [6, 6.07) is 9.02. The van der Waals surface area contributed by atoms with Crippen LogP contribution in [0.5, 0.6) is 5.75 Å². The van der Waals surface area contributed by atoms with Gasteiger partial charge in [0.05, 0.1) is 6.61 Å². The number of para-hydroxylation sites is 1. The molecule has 2 rings (SSSR count). The van der Waals surface area contributed by atoms with Gasteiger partial charge in [-0.15, -0.1) is 0 Å². The van der Waals surface area contributed by atoms with Crippen molar-refractivity contribution >= 4 is 0 Å². The Morgan fingerprint density at radius 1 is 1.33 bits per heavy atom. The maximum absolute atomic E-state index is 5.76. The van der Waals surface area contributed by atoms with Crippen LogP contribution in [-0.2, 0) is 11.3 Å². The Bertz CT molecular complexity index is 472. The molecule has 2 N–H and O–H groups in total. The first-order valence-corrected chi connectivity index (χ1v) is 5.54. The lowest BCUT2D eigenvalue weighted by molar-refractivity contribution is 0.166. The zero-order chi connectivity index (χ0) is 12.8. The molecular weight excluding hydrogens is 234 g/mol. The second-order valence-electron chi connectivity index (χ2n) is 3.71. The first-order valence-electron chi connectivity index (χ1n) is 5.54. The molecule has 0 saturated carbocycles. The molecule has 1 aromatic carbocycles. The Hall–Kier alpha value is -1.92. The lowest BCUT2D eigenvalue weighted by atomic mass is 10.3. The van der Waals surface area contributed by atoms with E-state index >= 15 is 0 Å². The minimum Gasteiger partial charge on any atom is -0.485 e. The summed E-state index contributed by atoms with van der Waals surface area (Å²) >= 11 is 0. The number of aromatic nitrogens is 2. The molecule has 0 aliphatic carbocycles. The topological polar surface area (TPSA) is 83.4 Å². The van der Waals surface area contributed by atoms with Crippen LogP contribution in [0.1, 0.15) is 17.8 Å². The summed E-state index contributed by atoms with van der Waals surface area (Å²) in [4.78, 5) is 4.14. The predicted molar refractivity (Wildman–Crippen MR) is 63.9 cm³/mol. The van der Waals surface area contributed by atoms with E-state index in [0.29, 0.717) is 18.3 Å². The van der Waals surface area contributed by atoms with Gasteiger partial charge < -0.3 is 19.7 Å². The summed E-state index contributed by atoms with van der Waals surface area (Å²) in [5, 5.41) is 3.79. The van der Waals surface area contributed by atoms with E-state index in [1.807, 2.05) is 30.3 Å². The molecule has 18 heavy (non-hydrogen) atoms. The zero-order valence-electron chi connectivity index (χ0n) is 10.1. The van der Waals surface area contributed by atoms with Crippen LogP contribution in [0.2, 0.25) is 0 Å². The number of benzene rings is 1. The average Bonchev–Trinajstić information content (AvgIpc) is 2.87. The molecule has 1 heterocycles. The number of ether oxygens (including phenoxy) is 2. The van der Waals surface area contributed by atoms with Gasteiger partial charge in [0.25, 0.3) is 0 Å². The van der Waals surface area contributed by atoms with Crippen LogP contribution in [0.25, 0.3) is 0 Å². The molecule has 1 aromatic heterocycles. The van der Waals surface area contributed by atoms with Gasteiger partial charge in [-0.05, 0) is 12.1 Å². The van der Waals surface area contributed by atoms with Gasteiger partial charge in [-0.2, -0.15) is 4.98 Å². The maximum Gasteiger partial charge on any atom is 0.246 e. The molecule has 0 aliphatic rings. The minimum absolute atomic E-state index is 0.243. The number of rotatable bonds is 6. The van der Waals surface area contributed by atoms with E-state index in [1.165, 1.54) is 0 Å². The normalized spacial score (nSPS) is 12.3. The van der Waals surface area contributed by atoms with Gasteiger partial charge in [0, 0.05) is 7.11 Å². The molecule has 0 radical (unpaired) electrons. The van der Waals surface area contributed by atoms with Gasteiger partial charge >= 0.3 is 0 Å². The quantitative estimate of drug-likeness (QED) is 0.830. The van der Waals surface area contributed by atoms with Gasteiger partial charge in [-0.25, -0.2) is 0 Å². The van der Waals surface area contributed by atoms with Gasteiger partial charge in [0.2, 0.25) is 11.7 Å². The summed E-state index contributed by atoms with van der Waals surface area (Å²) in [5.41, 5.74) is 5.76. The standard InChI is InChI=1S/C12H15N3O3/c1-16-7-10(13)12-14-11(15-18-12)8-17-9-5-3-2-4-6-9/h2-6,10H,7-8,13H2,1H3. The molecule has 6 heteroatoms. The van der Waals surface area contributed by atoms with Crippen LogP contribution in [0.3, 0.4) is 0 Å². The number of hydrogen-bond acceptors (Lipinski definition) is 6. The molecule has 6 nitrogen and oxygen atoms in total. The Kier molecular flexibility index (Phi) is 4.27. The first kappa shape index (κ1) is 12.5. The first-order chi connectivity index (χ1) is 8.79. The van der Waals surface area contributed by atoms with Crippen LogP contribution in [-0.4, -0.2) is 23.9 Å². The Balaban J connectivity index is 1.91. The minimum atomic E-state index is -0.409. The summed E-state index contributed by atoms with van der Waals surface area (Å²) < 4.78 is 15.4. The van der Waals surface area contributed by atoms with E-state index in [0.717, 1.165) is 5.75 Å². The van der Waals surface area contributed by atoms with Crippen LogP contribution in [0, 0.1) is 0 Å². The molecule has 1 unspecified atom stereocenters. The highest BCUT2D eigenvalue weighted by Gasteiger charge is 2.14. The average molecular weight is 249 g/mol. The van der Waals surface area contributed by atoms with E-state index in [1.54, 1.807) is 7.11 Å². The summed E-state index contributed by atoms with van der Waals surface area (Å²) in [6.07, 6.45) is 0. The third-order valence-electron chi connectivity index (χ3n) is 2.26. The number of nitrogens with two attached hydrogens (primary N) is 1. The Labute approximate surface area is 105 Å². The number of methoxy groups -OCH3 is 1. The third-order valence-corrected chi connectivity index (χ3v) is 2.26.